The van der Waals surface area contributed by atoms with Gasteiger partial charge in [0.25, 0.3) is 5.91 Å². The van der Waals surface area contributed by atoms with Crippen LogP contribution in [0, 0.1) is 0 Å². The summed E-state index contributed by atoms with van der Waals surface area (Å²) in [5.41, 5.74) is 0. The van der Waals surface area contributed by atoms with Gasteiger partial charge in [0.2, 0.25) is 11.9 Å². The maximum atomic E-state index is 12.7. The molecule has 0 aromatic carbocycles. The van der Waals surface area contributed by atoms with E-state index in [-0.39, 0.29) is 25.0 Å². The van der Waals surface area contributed by atoms with Crippen LogP contribution in [0.1, 0.15) is 41.5 Å². The molecule has 13 nitrogen and oxygen atoms in total. The summed E-state index contributed by atoms with van der Waals surface area (Å²) in [5, 5.41) is 0. The van der Waals surface area contributed by atoms with Gasteiger partial charge in [-0.3, -0.25) is 29.2 Å². The summed E-state index contributed by atoms with van der Waals surface area (Å²) in [6.07, 6.45) is -5.28. The van der Waals surface area contributed by atoms with Crippen molar-refractivity contribution in [3.63, 3.8) is 0 Å². The van der Waals surface area contributed by atoms with Crippen molar-refractivity contribution >= 4 is 41.7 Å². The zero-order valence-corrected chi connectivity index (χ0v) is 19.6. The minimum atomic E-state index is -1.41. The minimum absolute atomic E-state index is 0.147. The molecule has 0 radical (unpaired) electrons. The lowest BCUT2D eigenvalue weighted by molar-refractivity contribution is -0.183. The third-order valence-electron chi connectivity index (χ3n) is 4.44. The van der Waals surface area contributed by atoms with E-state index in [2.05, 4.69) is 9.73 Å². The molecule has 0 N–H and O–H groups in total. The number of amides is 2. The largest absolute Gasteiger partial charge is 0.451 e. The van der Waals surface area contributed by atoms with E-state index in [0.717, 1.165) is 6.92 Å². The SMILES string of the molecule is CN=C1N(C(C)=O)CCN1C(=O)C(C)OC(=O)C(C)OC(=O)C(C)OC(=O)C(C)OC(C)=O. The maximum absolute atomic E-state index is 12.7. The molecule has 0 aromatic rings. The van der Waals surface area contributed by atoms with Gasteiger partial charge in [-0.2, -0.15) is 0 Å². The Labute approximate surface area is 191 Å². The highest BCUT2D eigenvalue weighted by Gasteiger charge is 2.37. The van der Waals surface area contributed by atoms with E-state index in [9.17, 15) is 28.8 Å². The predicted molar refractivity (Wildman–Crippen MR) is 110 cm³/mol. The molecule has 4 atom stereocenters. The monoisotopic (exact) mass is 471 g/mol. The topological polar surface area (TPSA) is 158 Å². The van der Waals surface area contributed by atoms with Crippen LogP contribution in [-0.4, -0.2) is 96.0 Å². The molecule has 184 valence electrons. The Morgan fingerprint density at radius 3 is 1.48 bits per heavy atom. The fourth-order valence-electron chi connectivity index (χ4n) is 2.77. The van der Waals surface area contributed by atoms with Gasteiger partial charge in [-0.05, 0) is 27.7 Å². The van der Waals surface area contributed by atoms with Crippen molar-refractivity contribution in [3.05, 3.63) is 0 Å². The van der Waals surface area contributed by atoms with Crippen LogP contribution < -0.4 is 0 Å². The molecule has 33 heavy (non-hydrogen) atoms. The summed E-state index contributed by atoms with van der Waals surface area (Å²) in [6, 6.07) is 0. The lowest BCUT2D eigenvalue weighted by atomic mass is 10.3. The number of nitrogens with zero attached hydrogens (tertiary/aromatic N) is 3. The van der Waals surface area contributed by atoms with E-state index in [1.807, 2.05) is 0 Å². The fraction of sp³-hybridized carbons (Fsp3) is 0.650. The van der Waals surface area contributed by atoms with Gasteiger partial charge in [-0.1, -0.05) is 0 Å². The van der Waals surface area contributed by atoms with Crippen LogP contribution in [0.4, 0.5) is 0 Å². The average Bonchev–Trinajstić information content (AvgIpc) is 3.16. The summed E-state index contributed by atoms with van der Waals surface area (Å²) in [5.74, 6) is -4.46. The number of guanidine groups is 1. The number of aliphatic imine (C=N–C) groups is 1. The van der Waals surface area contributed by atoms with E-state index in [0.29, 0.717) is 0 Å². The molecule has 1 heterocycles. The Bertz CT molecular complexity index is 840. The van der Waals surface area contributed by atoms with Crippen LogP contribution in [0.25, 0.3) is 0 Å². The molecule has 0 saturated carbocycles. The number of carbonyl (C=O) groups is 6. The highest BCUT2D eigenvalue weighted by molar-refractivity contribution is 6.06. The molecule has 1 aliphatic heterocycles. The number of carbonyl (C=O) groups excluding carboxylic acids is 6. The highest BCUT2D eigenvalue weighted by Crippen LogP contribution is 2.13. The average molecular weight is 471 g/mol. The first-order valence-corrected chi connectivity index (χ1v) is 10.1. The molecule has 0 aliphatic carbocycles. The Morgan fingerprint density at radius 2 is 1.09 bits per heavy atom. The summed E-state index contributed by atoms with van der Waals surface area (Å²) < 4.78 is 19.5. The summed E-state index contributed by atoms with van der Waals surface area (Å²) in [7, 11) is 1.43. The number of hydrogen-bond acceptors (Lipinski definition) is 11. The van der Waals surface area contributed by atoms with Crippen molar-refractivity contribution in [1.82, 2.24) is 9.80 Å². The van der Waals surface area contributed by atoms with Crippen LogP contribution in [0.2, 0.25) is 0 Å². The molecular formula is C20H29N3O10. The summed E-state index contributed by atoms with van der Waals surface area (Å²) >= 11 is 0. The van der Waals surface area contributed by atoms with Crippen molar-refractivity contribution in [2.24, 2.45) is 4.99 Å². The van der Waals surface area contributed by atoms with Crippen LogP contribution in [-0.2, 0) is 47.7 Å². The first kappa shape index (κ1) is 27.5. The van der Waals surface area contributed by atoms with E-state index in [1.54, 1.807) is 0 Å². The molecule has 0 bridgehead atoms. The smallest absolute Gasteiger partial charge is 0.347 e. The Kier molecular flexibility index (Phi) is 9.95. The fourth-order valence-corrected chi connectivity index (χ4v) is 2.77. The molecule has 0 aromatic heterocycles. The number of rotatable bonds is 8. The van der Waals surface area contributed by atoms with E-state index < -0.39 is 54.2 Å². The molecule has 1 rings (SSSR count). The standard InChI is InChI=1S/C20H29N3O10/c1-10(16(26)23-9-8-22(14(5)24)20(23)21-7)31-18(28)12(3)33-19(29)13(4)32-17(27)11(2)30-15(6)25/h10-13H,8-9H2,1-7H3. The molecular weight excluding hydrogens is 442 g/mol. The lowest BCUT2D eigenvalue weighted by Gasteiger charge is -2.23. The Hall–Kier alpha value is -3.51. The van der Waals surface area contributed by atoms with Crippen LogP contribution in [0.5, 0.6) is 0 Å². The maximum Gasteiger partial charge on any atom is 0.347 e. The Balaban J connectivity index is 2.62. The van der Waals surface area contributed by atoms with Crippen LogP contribution in [0.15, 0.2) is 4.99 Å². The third-order valence-corrected chi connectivity index (χ3v) is 4.44. The van der Waals surface area contributed by atoms with Crippen molar-refractivity contribution in [1.29, 1.82) is 0 Å². The van der Waals surface area contributed by atoms with Gasteiger partial charge >= 0.3 is 23.9 Å². The van der Waals surface area contributed by atoms with Gasteiger partial charge in [0, 0.05) is 34.0 Å². The van der Waals surface area contributed by atoms with Crippen LogP contribution in [0.3, 0.4) is 0 Å². The van der Waals surface area contributed by atoms with Crippen LogP contribution >= 0.6 is 0 Å². The molecule has 2 amide bonds. The second kappa shape index (κ2) is 11.9. The quantitative estimate of drug-likeness (QED) is 0.331. The highest BCUT2D eigenvalue weighted by atomic mass is 16.6. The molecule has 1 saturated heterocycles. The predicted octanol–water partition coefficient (Wildman–Crippen LogP) is -0.590. The normalized spacial score (nSPS) is 18.1. The summed E-state index contributed by atoms with van der Waals surface area (Å²) in [6.45, 7) is 7.93. The second-order valence-electron chi connectivity index (χ2n) is 7.17. The molecule has 0 spiro atoms. The number of hydrogen-bond donors (Lipinski definition) is 0. The van der Waals surface area contributed by atoms with E-state index >= 15 is 0 Å². The number of esters is 4. The molecule has 13 heteroatoms. The van der Waals surface area contributed by atoms with E-state index in [4.69, 9.17) is 14.2 Å². The van der Waals surface area contributed by atoms with Gasteiger partial charge in [0.1, 0.15) is 0 Å². The lowest BCUT2D eigenvalue weighted by Crippen LogP contribution is -2.45. The zero-order chi connectivity index (χ0) is 25.5. The molecule has 4 unspecified atom stereocenters. The van der Waals surface area contributed by atoms with Crippen molar-refractivity contribution in [2.75, 3.05) is 20.1 Å². The first-order chi connectivity index (χ1) is 15.3. The zero-order valence-electron chi connectivity index (χ0n) is 19.6. The van der Waals surface area contributed by atoms with E-state index in [1.165, 1.54) is 51.5 Å². The minimum Gasteiger partial charge on any atom is -0.451 e. The van der Waals surface area contributed by atoms with Crippen molar-refractivity contribution in [2.45, 2.75) is 66.0 Å². The molecule has 1 aliphatic rings. The molecule has 1 fully saturated rings. The Morgan fingerprint density at radius 1 is 0.697 bits per heavy atom. The van der Waals surface area contributed by atoms with Gasteiger partial charge in [0.15, 0.2) is 24.4 Å². The van der Waals surface area contributed by atoms with Gasteiger partial charge < -0.3 is 18.9 Å². The summed E-state index contributed by atoms with van der Waals surface area (Å²) in [4.78, 5) is 77.9. The third kappa shape index (κ3) is 7.54. The van der Waals surface area contributed by atoms with Gasteiger partial charge in [0.05, 0.1) is 0 Å². The second-order valence-corrected chi connectivity index (χ2v) is 7.17. The number of ether oxygens (including phenoxy) is 4. The van der Waals surface area contributed by atoms with Gasteiger partial charge in [-0.15, -0.1) is 0 Å². The first-order valence-electron chi connectivity index (χ1n) is 10.1. The van der Waals surface area contributed by atoms with Crippen molar-refractivity contribution < 1.29 is 47.7 Å². The van der Waals surface area contributed by atoms with Crippen molar-refractivity contribution in [3.8, 4) is 0 Å². The van der Waals surface area contributed by atoms with Gasteiger partial charge in [-0.25, -0.2) is 14.4 Å².